The van der Waals surface area contributed by atoms with Crippen molar-refractivity contribution in [2.24, 2.45) is 0 Å². The zero-order valence-corrected chi connectivity index (χ0v) is 10.9. The molecule has 1 N–H and O–H groups in total. The van der Waals surface area contributed by atoms with Gasteiger partial charge in [-0.3, -0.25) is 0 Å². The predicted octanol–water partition coefficient (Wildman–Crippen LogP) is 2.69. The number of aromatic nitrogens is 1. The van der Waals surface area contributed by atoms with Crippen LogP contribution < -0.4 is 5.32 Å². The molecule has 1 aliphatic rings. The lowest BCUT2D eigenvalue weighted by atomic mass is 9.89. The van der Waals surface area contributed by atoms with E-state index in [2.05, 4.69) is 33.0 Å². The highest BCUT2D eigenvalue weighted by Crippen LogP contribution is 2.33. The van der Waals surface area contributed by atoms with Crippen LogP contribution >= 0.6 is 11.3 Å². The normalized spacial score (nSPS) is 20.1. The Morgan fingerprint density at radius 2 is 2.13 bits per heavy atom. The van der Waals surface area contributed by atoms with Crippen LogP contribution in [0.4, 0.5) is 0 Å². The van der Waals surface area contributed by atoms with E-state index in [0.29, 0.717) is 5.92 Å². The first kappa shape index (κ1) is 11.1. The molecule has 0 fully saturated rings. The van der Waals surface area contributed by atoms with E-state index in [1.165, 1.54) is 15.6 Å². The lowest BCUT2D eigenvalue weighted by molar-refractivity contribution is 0.476. The van der Waals surface area contributed by atoms with E-state index in [4.69, 9.17) is 4.98 Å². The van der Waals surface area contributed by atoms with Gasteiger partial charge in [0.2, 0.25) is 0 Å². The third-order valence-corrected chi connectivity index (χ3v) is 4.36. The molecule has 3 heteroatoms. The predicted molar refractivity (Wildman–Crippen MR) is 65.8 cm³/mol. The summed E-state index contributed by atoms with van der Waals surface area (Å²) in [6.07, 6.45) is 1.14. The smallest absolute Gasteiger partial charge is 0.0956 e. The summed E-state index contributed by atoms with van der Waals surface area (Å²) in [4.78, 5) is 6.34. The summed E-state index contributed by atoms with van der Waals surface area (Å²) < 4.78 is 0. The van der Waals surface area contributed by atoms with Crippen molar-refractivity contribution in [2.45, 2.75) is 45.4 Å². The monoisotopic (exact) mass is 224 g/mol. The topological polar surface area (TPSA) is 24.9 Å². The second-order valence-corrected chi connectivity index (χ2v) is 6.40. The number of hydrogen-bond donors (Lipinski definition) is 1. The highest BCUT2D eigenvalue weighted by molar-refractivity contribution is 7.11. The summed E-state index contributed by atoms with van der Waals surface area (Å²) in [7, 11) is 0. The summed E-state index contributed by atoms with van der Waals surface area (Å²) in [6, 6.07) is 0. The molecule has 0 spiro atoms. The summed E-state index contributed by atoms with van der Waals surface area (Å²) in [5, 5.41) is 4.79. The fourth-order valence-corrected chi connectivity index (χ4v) is 3.25. The Kier molecular flexibility index (Phi) is 2.86. The molecule has 1 aromatic heterocycles. The fraction of sp³-hybridized carbons (Fsp3) is 0.750. The standard InChI is InChI=1S/C12H20N2S/c1-8(2)11-14-10-9(15-11)5-6-13-7-12(10,3)4/h8,13H,5-7H2,1-4H3. The number of nitrogens with one attached hydrogen (secondary N) is 1. The van der Waals surface area contributed by atoms with E-state index < -0.39 is 0 Å². The third kappa shape index (κ3) is 2.08. The van der Waals surface area contributed by atoms with Crippen LogP contribution in [-0.4, -0.2) is 18.1 Å². The van der Waals surface area contributed by atoms with Gasteiger partial charge in [0.25, 0.3) is 0 Å². The first-order chi connectivity index (χ1) is 7.00. The van der Waals surface area contributed by atoms with Crippen molar-refractivity contribution in [2.75, 3.05) is 13.1 Å². The molecule has 2 rings (SSSR count). The van der Waals surface area contributed by atoms with Crippen molar-refractivity contribution in [3.63, 3.8) is 0 Å². The molecule has 0 radical (unpaired) electrons. The molecule has 15 heavy (non-hydrogen) atoms. The Morgan fingerprint density at radius 1 is 1.40 bits per heavy atom. The molecule has 84 valence electrons. The van der Waals surface area contributed by atoms with Crippen LogP contribution in [-0.2, 0) is 11.8 Å². The Bertz CT molecular complexity index is 353. The van der Waals surface area contributed by atoms with Crippen molar-refractivity contribution in [3.05, 3.63) is 15.6 Å². The number of rotatable bonds is 1. The summed E-state index contributed by atoms with van der Waals surface area (Å²) in [5.41, 5.74) is 1.52. The van der Waals surface area contributed by atoms with Crippen LogP contribution in [0.15, 0.2) is 0 Å². The Labute approximate surface area is 96.1 Å². The van der Waals surface area contributed by atoms with E-state index in [9.17, 15) is 0 Å². The van der Waals surface area contributed by atoms with E-state index in [0.717, 1.165) is 19.5 Å². The summed E-state index contributed by atoms with van der Waals surface area (Å²) in [6.45, 7) is 11.2. The molecule has 1 aliphatic heterocycles. The minimum atomic E-state index is 0.190. The maximum atomic E-state index is 4.84. The van der Waals surface area contributed by atoms with Crippen molar-refractivity contribution >= 4 is 11.3 Å². The van der Waals surface area contributed by atoms with Gasteiger partial charge >= 0.3 is 0 Å². The highest BCUT2D eigenvalue weighted by Gasteiger charge is 2.29. The number of fused-ring (bicyclic) bond motifs is 1. The van der Waals surface area contributed by atoms with Crippen LogP contribution in [0.2, 0.25) is 0 Å². The minimum absolute atomic E-state index is 0.190. The average molecular weight is 224 g/mol. The molecular weight excluding hydrogens is 204 g/mol. The first-order valence-electron chi connectivity index (χ1n) is 5.71. The summed E-state index contributed by atoms with van der Waals surface area (Å²) in [5.74, 6) is 0.561. The van der Waals surface area contributed by atoms with Crippen LogP contribution in [0.1, 0.15) is 49.2 Å². The van der Waals surface area contributed by atoms with Crippen LogP contribution in [0.5, 0.6) is 0 Å². The number of thiazole rings is 1. The fourth-order valence-electron chi connectivity index (χ4n) is 2.00. The Morgan fingerprint density at radius 3 is 2.80 bits per heavy atom. The van der Waals surface area contributed by atoms with Gasteiger partial charge in [-0.1, -0.05) is 27.7 Å². The van der Waals surface area contributed by atoms with Gasteiger partial charge in [0.05, 0.1) is 10.7 Å². The number of nitrogens with zero attached hydrogens (tertiary/aromatic N) is 1. The Balaban J connectivity index is 2.43. The van der Waals surface area contributed by atoms with Gasteiger partial charge in [0, 0.05) is 29.3 Å². The quantitative estimate of drug-likeness (QED) is 0.793. The summed E-state index contributed by atoms with van der Waals surface area (Å²) >= 11 is 1.91. The highest BCUT2D eigenvalue weighted by atomic mass is 32.1. The number of hydrogen-bond acceptors (Lipinski definition) is 3. The van der Waals surface area contributed by atoms with Crippen LogP contribution in [0, 0.1) is 0 Å². The van der Waals surface area contributed by atoms with Gasteiger partial charge in [0.1, 0.15) is 0 Å². The molecule has 0 aliphatic carbocycles. The average Bonchev–Trinajstić information content (AvgIpc) is 2.52. The van der Waals surface area contributed by atoms with Crippen LogP contribution in [0.3, 0.4) is 0 Å². The zero-order chi connectivity index (χ0) is 11.1. The Hall–Kier alpha value is -0.410. The molecule has 2 heterocycles. The van der Waals surface area contributed by atoms with Crippen molar-refractivity contribution in [1.82, 2.24) is 10.3 Å². The van der Waals surface area contributed by atoms with E-state index >= 15 is 0 Å². The van der Waals surface area contributed by atoms with E-state index in [-0.39, 0.29) is 5.41 Å². The maximum Gasteiger partial charge on any atom is 0.0956 e. The van der Waals surface area contributed by atoms with Crippen molar-refractivity contribution in [1.29, 1.82) is 0 Å². The minimum Gasteiger partial charge on any atom is -0.315 e. The molecule has 0 saturated heterocycles. The molecule has 0 aromatic carbocycles. The van der Waals surface area contributed by atoms with E-state index in [1.54, 1.807) is 0 Å². The second-order valence-electron chi connectivity index (χ2n) is 5.29. The van der Waals surface area contributed by atoms with Gasteiger partial charge in [-0.15, -0.1) is 11.3 Å². The van der Waals surface area contributed by atoms with Gasteiger partial charge in [-0.2, -0.15) is 0 Å². The largest absolute Gasteiger partial charge is 0.315 e. The van der Waals surface area contributed by atoms with Gasteiger partial charge < -0.3 is 5.32 Å². The molecular formula is C12H20N2S. The molecule has 2 nitrogen and oxygen atoms in total. The molecule has 1 aromatic rings. The van der Waals surface area contributed by atoms with Crippen molar-refractivity contribution < 1.29 is 0 Å². The molecule has 0 unspecified atom stereocenters. The lowest BCUT2D eigenvalue weighted by Gasteiger charge is -2.21. The lowest BCUT2D eigenvalue weighted by Crippen LogP contribution is -2.31. The van der Waals surface area contributed by atoms with Crippen molar-refractivity contribution in [3.8, 4) is 0 Å². The molecule has 0 saturated carbocycles. The zero-order valence-electron chi connectivity index (χ0n) is 10.1. The molecule has 0 bridgehead atoms. The van der Waals surface area contributed by atoms with E-state index in [1.807, 2.05) is 11.3 Å². The van der Waals surface area contributed by atoms with Gasteiger partial charge in [-0.05, 0) is 6.42 Å². The second kappa shape index (κ2) is 3.87. The van der Waals surface area contributed by atoms with Crippen LogP contribution in [0.25, 0.3) is 0 Å². The molecule has 0 amide bonds. The molecule has 0 atom stereocenters. The van der Waals surface area contributed by atoms with Gasteiger partial charge in [0.15, 0.2) is 0 Å². The maximum absolute atomic E-state index is 4.84. The van der Waals surface area contributed by atoms with Gasteiger partial charge in [-0.25, -0.2) is 4.98 Å². The first-order valence-corrected chi connectivity index (χ1v) is 6.53. The SMILES string of the molecule is CC(C)c1nc2c(s1)CCNCC2(C)C. The third-order valence-electron chi connectivity index (χ3n) is 2.94.